The van der Waals surface area contributed by atoms with Gasteiger partial charge in [-0.15, -0.1) is 0 Å². The second-order valence-electron chi connectivity index (χ2n) is 13.1. The van der Waals surface area contributed by atoms with Crippen molar-refractivity contribution in [2.75, 3.05) is 0 Å². The SMILES string of the molecule is O=C(O)c1ccc(C2=c3cc/c([nH]3)=C(\c3ccccc3)c3ccc([nH]3)/C(c3ccc(C(=O)O)cc3)=c3/cc/c([nH]3)=C(\c3ccccc3)c3ccc2[nH]3)cc1. The van der Waals surface area contributed by atoms with Gasteiger partial charge in [0.25, 0.3) is 0 Å². The summed E-state index contributed by atoms with van der Waals surface area (Å²) in [5, 5.41) is 22.8. The van der Waals surface area contributed by atoms with Crippen molar-refractivity contribution in [1.29, 1.82) is 0 Å². The summed E-state index contributed by atoms with van der Waals surface area (Å²) in [4.78, 5) is 38.5. The van der Waals surface area contributed by atoms with Gasteiger partial charge in [0.05, 0.1) is 11.1 Å². The molecular weight excluding hydrogens is 673 g/mol. The van der Waals surface area contributed by atoms with Crippen LogP contribution in [-0.4, -0.2) is 42.1 Å². The molecule has 8 nitrogen and oxygen atoms in total. The molecule has 0 saturated heterocycles. The van der Waals surface area contributed by atoms with E-state index in [2.05, 4.69) is 92.7 Å². The van der Waals surface area contributed by atoms with Crippen LogP contribution in [0.25, 0.3) is 22.3 Å². The van der Waals surface area contributed by atoms with E-state index in [1.165, 1.54) is 0 Å². The van der Waals surface area contributed by atoms with Gasteiger partial charge in [-0.1, -0.05) is 84.9 Å². The van der Waals surface area contributed by atoms with E-state index in [1.54, 1.807) is 24.3 Å². The van der Waals surface area contributed by atoms with Gasteiger partial charge in [-0.2, -0.15) is 0 Å². The van der Waals surface area contributed by atoms with Gasteiger partial charge in [0.1, 0.15) is 0 Å². The number of nitrogens with one attached hydrogen (secondary N) is 4. The number of carboxylic acid groups (broad SMARTS) is 2. The van der Waals surface area contributed by atoms with Crippen molar-refractivity contribution in [2.45, 2.75) is 0 Å². The summed E-state index contributed by atoms with van der Waals surface area (Å²) in [7, 11) is 0. The zero-order valence-corrected chi connectivity index (χ0v) is 28.7. The second kappa shape index (κ2) is 13.2. The second-order valence-corrected chi connectivity index (χ2v) is 13.1. The molecule has 4 aromatic carbocycles. The van der Waals surface area contributed by atoms with Crippen LogP contribution in [0.4, 0.5) is 0 Å². The average Bonchev–Trinajstić information content (AvgIpc) is 4.04. The smallest absolute Gasteiger partial charge is 0.335 e. The Morgan fingerprint density at radius 1 is 0.315 bits per heavy atom. The summed E-state index contributed by atoms with van der Waals surface area (Å²) in [6.07, 6.45) is 0. The number of aromatic nitrogens is 4. The van der Waals surface area contributed by atoms with Crippen LogP contribution in [0, 0.1) is 0 Å². The third kappa shape index (κ3) is 5.78. The molecule has 260 valence electrons. The molecule has 0 amide bonds. The molecule has 0 spiro atoms. The molecule has 4 aromatic heterocycles. The Balaban J connectivity index is 1.41. The summed E-state index contributed by atoms with van der Waals surface area (Å²) >= 11 is 0. The maximum atomic E-state index is 11.8. The fourth-order valence-corrected chi connectivity index (χ4v) is 7.34. The van der Waals surface area contributed by atoms with Gasteiger partial charge in [0, 0.05) is 66.5 Å². The highest BCUT2D eigenvalue weighted by molar-refractivity contribution is 5.90. The van der Waals surface area contributed by atoms with Gasteiger partial charge in [-0.25, -0.2) is 9.59 Å². The molecule has 54 heavy (non-hydrogen) atoms. The monoisotopic (exact) mass is 704 g/mol. The van der Waals surface area contributed by atoms with Crippen molar-refractivity contribution in [2.24, 2.45) is 0 Å². The van der Waals surface area contributed by atoms with Gasteiger partial charge in [0.15, 0.2) is 0 Å². The van der Waals surface area contributed by atoms with Crippen molar-refractivity contribution in [3.05, 3.63) is 235 Å². The molecule has 5 heterocycles. The molecule has 0 atom stereocenters. The highest BCUT2D eigenvalue weighted by Gasteiger charge is 2.19. The number of carboxylic acids is 2. The number of carbonyl (C=O) groups is 2. The Morgan fingerprint density at radius 2 is 0.593 bits per heavy atom. The minimum atomic E-state index is -0.980. The summed E-state index contributed by atoms with van der Waals surface area (Å²) in [5.74, 6) is -1.96. The molecular formula is C46H32N4O4. The van der Waals surface area contributed by atoms with Gasteiger partial charge in [0.2, 0.25) is 0 Å². The Bertz CT molecular complexity index is 2760. The number of hydrogen-bond donors (Lipinski definition) is 6. The van der Waals surface area contributed by atoms with Crippen LogP contribution in [0.15, 0.2) is 158 Å². The quantitative estimate of drug-likeness (QED) is 0.132. The van der Waals surface area contributed by atoms with Crippen molar-refractivity contribution >= 4 is 34.2 Å². The number of aromatic amines is 4. The van der Waals surface area contributed by atoms with E-state index in [1.807, 2.05) is 60.7 Å². The largest absolute Gasteiger partial charge is 0.478 e. The number of aromatic carboxylic acids is 2. The normalized spacial score (nSPS) is 15.6. The Hall–Kier alpha value is -7.58. The molecule has 8 aromatic rings. The number of hydrogen-bond acceptors (Lipinski definition) is 2. The number of fused-ring (bicyclic) bond motifs is 8. The molecule has 0 unspecified atom stereocenters. The van der Waals surface area contributed by atoms with E-state index in [4.69, 9.17) is 0 Å². The van der Waals surface area contributed by atoms with Crippen molar-refractivity contribution in [3.8, 4) is 0 Å². The van der Waals surface area contributed by atoms with Crippen LogP contribution in [0.3, 0.4) is 0 Å². The molecule has 8 heteroatoms. The average molecular weight is 705 g/mol. The minimum absolute atomic E-state index is 0.213. The van der Waals surface area contributed by atoms with E-state index >= 15 is 0 Å². The summed E-state index contributed by atoms with van der Waals surface area (Å²) in [6.45, 7) is 0. The highest BCUT2D eigenvalue weighted by Crippen LogP contribution is 2.28. The zero-order valence-electron chi connectivity index (χ0n) is 28.7. The molecule has 8 bridgehead atoms. The van der Waals surface area contributed by atoms with Crippen LogP contribution < -0.4 is 21.4 Å². The van der Waals surface area contributed by atoms with E-state index in [9.17, 15) is 19.8 Å². The lowest BCUT2D eigenvalue weighted by Crippen LogP contribution is -2.19. The first kappa shape index (κ1) is 32.3. The van der Waals surface area contributed by atoms with E-state index in [-0.39, 0.29) is 11.1 Å². The molecule has 9 rings (SSSR count). The summed E-state index contributed by atoms with van der Waals surface area (Å²) in [6, 6.07) is 50.7. The fraction of sp³-hybridized carbons (Fsp3) is 0. The predicted molar refractivity (Wildman–Crippen MR) is 208 cm³/mol. The molecule has 1 aliphatic heterocycles. The maximum absolute atomic E-state index is 11.8. The van der Waals surface area contributed by atoms with Crippen LogP contribution in [0.2, 0.25) is 0 Å². The van der Waals surface area contributed by atoms with Gasteiger partial charge in [-0.3, -0.25) is 0 Å². The van der Waals surface area contributed by atoms with Crippen molar-refractivity contribution in [3.63, 3.8) is 0 Å². The van der Waals surface area contributed by atoms with Gasteiger partial charge >= 0.3 is 11.9 Å². The summed E-state index contributed by atoms with van der Waals surface area (Å²) in [5.41, 5.74) is 11.3. The van der Waals surface area contributed by atoms with E-state index < -0.39 is 11.9 Å². The lowest BCUT2D eigenvalue weighted by Gasteiger charge is -2.10. The third-order valence-electron chi connectivity index (χ3n) is 9.86. The molecule has 0 aliphatic carbocycles. The molecule has 0 fully saturated rings. The molecule has 1 aliphatic rings. The molecule has 0 saturated carbocycles. The van der Waals surface area contributed by atoms with Crippen molar-refractivity contribution in [1.82, 2.24) is 19.9 Å². The molecule has 0 radical (unpaired) electrons. The first-order chi connectivity index (χ1) is 26.4. The van der Waals surface area contributed by atoms with E-state index in [0.717, 1.165) is 88.7 Å². The van der Waals surface area contributed by atoms with Crippen LogP contribution >= 0.6 is 0 Å². The topological polar surface area (TPSA) is 138 Å². The van der Waals surface area contributed by atoms with Gasteiger partial charge < -0.3 is 30.1 Å². The van der Waals surface area contributed by atoms with Crippen LogP contribution in [0.1, 0.15) is 65.7 Å². The lowest BCUT2D eigenvalue weighted by molar-refractivity contribution is 0.0686. The highest BCUT2D eigenvalue weighted by atomic mass is 16.4. The van der Waals surface area contributed by atoms with Crippen LogP contribution in [0.5, 0.6) is 0 Å². The van der Waals surface area contributed by atoms with Gasteiger partial charge in [-0.05, 0) is 95.1 Å². The number of rotatable bonds is 6. The maximum Gasteiger partial charge on any atom is 0.335 e. The Labute approximate surface area is 308 Å². The standard InChI is InChI=1S/C46H32N4O4/c51-45(52)31-15-11-29(12-16-31)43-37-23-19-33(47-37)41(27-7-3-1-4-8-27)34-20-24-38(48-34)44(30-13-17-32(18-14-30)46(53)54)40-26-22-36(50-40)42(28-9-5-2-6-10-28)35-21-25-39(43)49-35/h1-26,47-50H,(H,51,52)(H,53,54)/b41-33-,41-34?,42-35?,42-36-,43-37-,43-39?,44-38?,44-40?. The van der Waals surface area contributed by atoms with Crippen molar-refractivity contribution < 1.29 is 19.8 Å². The first-order valence-corrected chi connectivity index (χ1v) is 17.5. The summed E-state index contributed by atoms with van der Waals surface area (Å²) < 4.78 is 0. The van der Waals surface area contributed by atoms with Crippen LogP contribution in [-0.2, 0) is 0 Å². The predicted octanol–water partition coefficient (Wildman–Crippen LogP) is 5.70. The Kier molecular flexibility index (Phi) is 7.90. The Morgan fingerprint density at radius 3 is 0.870 bits per heavy atom. The number of H-pyrrole nitrogens is 4. The minimum Gasteiger partial charge on any atom is -0.478 e. The lowest BCUT2D eigenvalue weighted by atomic mass is 10.0. The van der Waals surface area contributed by atoms with E-state index in [0.29, 0.717) is 0 Å². The number of benzene rings is 4. The molecule has 6 N–H and O–H groups in total. The zero-order chi connectivity index (χ0) is 36.8. The fourth-order valence-electron chi connectivity index (χ4n) is 7.34. The first-order valence-electron chi connectivity index (χ1n) is 17.5. The third-order valence-corrected chi connectivity index (χ3v) is 9.86.